The molecular formula is C18H18ClN3O3S. The highest BCUT2D eigenvalue weighted by Gasteiger charge is 2.17. The number of nitrogens with one attached hydrogen (secondary N) is 1. The van der Waals surface area contributed by atoms with Crippen molar-refractivity contribution in [2.45, 2.75) is 18.4 Å². The predicted molar refractivity (Wildman–Crippen MR) is 100 cm³/mol. The zero-order valence-corrected chi connectivity index (χ0v) is 15.9. The summed E-state index contributed by atoms with van der Waals surface area (Å²) in [6.45, 7) is 2.03. The molecule has 6 nitrogen and oxygen atoms in total. The summed E-state index contributed by atoms with van der Waals surface area (Å²) in [6, 6.07) is 11.9. The van der Waals surface area contributed by atoms with E-state index in [0.717, 1.165) is 17.1 Å². The van der Waals surface area contributed by atoms with E-state index in [0.29, 0.717) is 5.75 Å². The van der Waals surface area contributed by atoms with Crippen LogP contribution >= 0.6 is 11.6 Å². The van der Waals surface area contributed by atoms with Crippen LogP contribution in [0.3, 0.4) is 0 Å². The van der Waals surface area contributed by atoms with Gasteiger partial charge in [0.1, 0.15) is 11.6 Å². The van der Waals surface area contributed by atoms with Crippen LogP contribution in [0.4, 0.5) is 0 Å². The van der Waals surface area contributed by atoms with Crippen LogP contribution in [0, 0.1) is 6.92 Å². The zero-order chi connectivity index (χ0) is 18.7. The van der Waals surface area contributed by atoms with Crippen molar-refractivity contribution < 1.29 is 13.2 Å². The highest BCUT2D eigenvalue weighted by molar-refractivity contribution is 7.89. The maximum atomic E-state index is 12.6. The molecule has 0 radical (unpaired) electrons. The molecule has 0 saturated heterocycles. The quantitative estimate of drug-likeness (QED) is 0.699. The second kappa shape index (κ2) is 7.49. The molecule has 0 aliphatic heterocycles. The summed E-state index contributed by atoms with van der Waals surface area (Å²) in [5.74, 6) is 1.24. The molecule has 26 heavy (non-hydrogen) atoms. The molecule has 0 fully saturated rings. The molecule has 3 aromatic rings. The zero-order valence-electron chi connectivity index (χ0n) is 14.3. The van der Waals surface area contributed by atoms with E-state index in [1.807, 2.05) is 42.0 Å². The van der Waals surface area contributed by atoms with Crippen LogP contribution in [0.5, 0.6) is 5.75 Å². The Balaban J connectivity index is 1.85. The van der Waals surface area contributed by atoms with Gasteiger partial charge in [-0.2, -0.15) is 0 Å². The van der Waals surface area contributed by atoms with Crippen molar-refractivity contribution >= 4 is 21.6 Å². The SMILES string of the molecule is COc1ccc(S(=O)(=O)NCc2ccccc2-n2ccnc2C)cc1Cl. The first-order chi connectivity index (χ1) is 12.4. The summed E-state index contributed by atoms with van der Waals surface area (Å²) >= 11 is 6.04. The Kier molecular flexibility index (Phi) is 5.31. The smallest absolute Gasteiger partial charge is 0.240 e. The van der Waals surface area contributed by atoms with Crippen molar-refractivity contribution in [2.75, 3.05) is 7.11 Å². The first kappa shape index (κ1) is 18.4. The minimum Gasteiger partial charge on any atom is -0.495 e. The number of hydrogen-bond acceptors (Lipinski definition) is 4. The standard InChI is InChI=1S/C18H18ClN3O3S/c1-13-20-9-10-22(13)17-6-4-3-5-14(17)12-21-26(23,24)15-7-8-18(25-2)16(19)11-15/h3-11,21H,12H2,1-2H3. The number of sulfonamides is 1. The number of aromatic nitrogens is 2. The molecule has 8 heteroatoms. The summed E-state index contributed by atoms with van der Waals surface area (Å²) < 4.78 is 34.8. The van der Waals surface area contributed by atoms with Crippen LogP contribution in [-0.2, 0) is 16.6 Å². The third-order valence-corrected chi connectivity index (χ3v) is 5.66. The van der Waals surface area contributed by atoms with Crippen molar-refractivity contribution in [3.63, 3.8) is 0 Å². The Morgan fingerprint density at radius 1 is 1.23 bits per heavy atom. The van der Waals surface area contributed by atoms with Crippen molar-refractivity contribution in [1.29, 1.82) is 0 Å². The van der Waals surface area contributed by atoms with Crippen LogP contribution in [0.15, 0.2) is 59.8 Å². The second-order valence-electron chi connectivity index (χ2n) is 5.59. The number of aryl methyl sites for hydroxylation is 1. The number of methoxy groups -OCH3 is 1. The van der Waals surface area contributed by atoms with Gasteiger partial charge in [-0.25, -0.2) is 18.1 Å². The lowest BCUT2D eigenvalue weighted by Gasteiger charge is -2.13. The van der Waals surface area contributed by atoms with E-state index in [9.17, 15) is 8.42 Å². The highest BCUT2D eigenvalue weighted by atomic mass is 35.5. The summed E-state index contributed by atoms with van der Waals surface area (Å²) in [6.07, 6.45) is 3.54. The number of rotatable bonds is 6. The first-order valence-corrected chi connectivity index (χ1v) is 9.70. The normalized spacial score (nSPS) is 11.5. The molecule has 0 atom stereocenters. The Bertz CT molecular complexity index is 1030. The number of hydrogen-bond donors (Lipinski definition) is 1. The van der Waals surface area contributed by atoms with E-state index in [1.165, 1.54) is 25.3 Å². The molecule has 0 saturated carbocycles. The Morgan fingerprint density at radius 2 is 2.00 bits per heavy atom. The molecule has 1 heterocycles. The van der Waals surface area contributed by atoms with Gasteiger partial charge in [-0.05, 0) is 36.8 Å². The van der Waals surface area contributed by atoms with Gasteiger partial charge in [0.05, 0.1) is 22.7 Å². The number of para-hydroxylation sites is 1. The predicted octanol–water partition coefficient (Wildman–Crippen LogP) is 3.32. The number of halogens is 1. The van der Waals surface area contributed by atoms with Gasteiger partial charge < -0.3 is 9.30 Å². The molecule has 0 amide bonds. The molecule has 1 N–H and O–H groups in total. The molecule has 1 aromatic heterocycles. The number of ether oxygens (including phenoxy) is 1. The molecule has 136 valence electrons. The lowest BCUT2D eigenvalue weighted by Crippen LogP contribution is -2.24. The molecule has 2 aromatic carbocycles. The monoisotopic (exact) mass is 391 g/mol. The van der Waals surface area contributed by atoms with Crippen LogP contribution in [-0.4, -0.2) is 25.1 Å². The van der Waals surface area contributed by atoms with Gasteiger partial charge in [0.25, 0.3) is 0 Å². The number of nitrogens with zero attached hydrogens (tertiary/aromatic N) is 2. The van der Waals surface area contributed by atoms with Crippen molar-refractivity contribution in [1.82, 2.24) is 14.3 Å². The Morgan fingerprint density at radius 3 is 2.65 bits per heavy atom. The summed E-state index contributed by atoms with van der Waals surface area (Å²) in [5, 5.41) is 0.241. The van der Waals surface area contributed by atoms with Gasteiger partial charge in [-0.15, -0.1) is 0 Å². The fourth-order valence-electron chi connectivity index (χ4n) is 2.60. The van der Waals surface area contributed by atoms with Crippen LogP contribution in [0.25, 0.3) is 5.69 Å². The molecule has 0 unspecified atom stereocenters. The maximum Gasteiger partial charge on any atom is 0.240 e. The topological polar surface area (TPSA) is 73.2 Å². The van der Waals surface area contributed by atoms with Crippen molar-refractivity contribution in [2.24, 2.45) is 0 Å². The third-order valence-electron chi connectivity index (χ3n) is 3.96. The highest BCUT2D eigenvalue weighted by Crippen LogP contribution is 2.27. The average Bonchev–Trinajstić information content (AvgIpc) is 3.06. The van der Waals surface area contributed by atoms with E-state index in [1.54, 1.807) is 6.20 Å². The Hall–Kier alpha value is -2.35. The molecular weight excluding hydrogens is 374 g/mol. The number of imidazole rings is 1. The van der Waals surface area contributed by atoms with E-state index in [2.05, 4.69) is 9.71 Å². The van der Waals surface area contributed by atoms with E-state index < -0.39 is 10.0 Å². The molecule has 0 aliphatic carbocycles. The summed E-state index contributed by atoms with van der Waals surface area (Å²) in [7, 11) is -2.24. The maximum absolute atomic E-state index is 12.6. The second-order valence-corrected chi connectivity index (χ2v) is 7.77. The van der Waals surface area contributed by atoms with E-state index in [4.69, 9.17) is 16.3 Å². The first-order valence-electron chi connectivity index (χ1n) is 7.84. The molecule has 3 rings (SSSR count). The van der Waals surface area contributed by atoms with E-state index >= 15 is 0 Å². The molecule has 0 spiro atoms. The van der Waals surface area contributed by atoms with Crippen LogP contribution in [0.1, 0.15) is 11.4 Å². The van der Waals surface area contributed by atoms with Gasteiger partial charge in [0.2, 0.25) is 10.0 Å². The minimum absolute atomic E-state index is 0.0830. The summed E-state index contributed by atoms with van der Waals surface area (Å²) in [5.41, 5.74) is 1.70. The third kappa shape index (κ3) is 3.75. The van der Waals surface area contributed by atoms with Gasteiger partial charge in [0.15, 0.2) is 0 Å². The van der Waals surface area contributed by atoms with Crippen LogP contribution < -0.4 is 9.46 Å². The van der Waals surface area contributed by atoms with E-state index in [-0.39, 0.29) is 16.5 Å². The lowest BCUT2D eigenvalue weighted by atomic mass is 10.2. The van der Waals surface area contributed by atoms with Gasteiger partial charge >= 0.3 is 0 Å². The van der Waals surface area contributed by atoms with Crippen LogP contribution in [0.2, 0.25) is 5.02 Å². The average molecular weight is 392 g/mol. The van der Waals surface area contributed by atoms with Gasteiger partial charge in [-0.1, -0.05) is 29.8 Å². The fraction of sp³-hybridized carbons (Fsp3) is 0.167. The Labute approximate surface area is 157 Å². The number of benzene rings is 2. The lowest BCUT2D eigenvalue weighted by molar-refractivity contribution is 0.414. The largest absolute Gasteiger partial charge is 0.495 e. The summed E-state index contributed by atoms with van der Waals surface area (Å²) in [4.78, 5) is 4.30. The van der Waals surface area contributed by atoms with Crippen molar-refractivity contribution in [3.8, 4) is 11.4 Å². The van der Waals surface area contributed by atoms with Crippen molar-refractivity contribution in [3.05, 3.63) is 71.3 Å². The molecule has 0 bridgehead atoms. The van der Waals surface area contributed by atoms with Gasteiger partial charge in [0, 0.05) is 18.9 Å². The fourth-order valence-corrected chi connectivity index (χ4v) is 3.95. The molecule has 0 aliphatic rings. The van der Waals surface area contributed by atoms with Gasteiger partial charge in [-0.3, -0.25) is 0 Å². The minimum atomic E-state index is -3.72.